The number of amides is 1. The summed E-state index contributed by atoms with van der Waals surface area (Å²) in [5.74, 6) is 0.461. The van der Waals surface area contributed by atoms with Crippen molar-refractivity contribution >= 4 is 11.6 Å². The van der Waals surface area contributed by atoms with E-state index >= 15 is 0 Å². The molecule has 0 aromatic heterocycles. The molecule has 0 N–H and O–H groups in total. The lowest BCUT2D eigenvalue weighted by Gasteiger charge is -2.27. The first-order valence-corrected chi connectivity index (χ1v) is 7.47. The van der Waals surface area contributed by atoms with Crippen LogP contribution in [0.4, 0.5) is 5.69 Å². The smallest absolute Gasteiger partial charge is 0.233 e. The second kappa shape index (κ2) is 5.03. The van der Waals surface area contributed by atoms with Gasteiger partial charge >= 0.3 is 0 Å². The first-order valence-electron chi connectivity index (χ1n) is 7.47. The Labute approximate surface area is 126 Å². The van der Waals surface area contributed by atoms with Crippen LogP contribution in [0.2, 0.25) is 0 Å². The largest absolute Gasteiger partial charge is 0.304 e. The predicted molar refractivity (Wildman–Crippen MR) is 86.1 cm³/mol. The minimum atomic E-state index is -0.351. The summed E-state index contributed by atoms with van der Waals surface area (Å²) >= 11 is 0. The molecule has 2 aromatic carbocycles. The molecule has 2 atom stereocenters. The van der Waals surface area contributed by atoms with Crippen LogP contribution in [0.1, 0.15) is 32.4 Å². The van der Waals surface area contributed by atoms with E-state index in [1.807, 2.05) is 53.4 Å². The molecule has 1 aliphatic rings. The quantitative estimate of drug-likeness (QED) is 0.796. The number of anilines is 1. The van der Waals surface area contributed by atoms with Crippen LogP contribution in [0.5, 0.6) is 0 Å². The minimum Gasteiger partial charge on any atom is -0.304 e. The molecule has 1 saturated heterocycles. The van der Waals surface area contributed by atoms with Crippen LogP contribution in [0.25, 0.3) is 0 Å². The van der Waals surface area contributed by atoms with Crippen molar-refractivity contribution in [3.8, 4) is 0 Å². The van der Waals surface area contributed by atoms with Crippen molar-refractivity contribution in [1.29, 1.82) is 0 Å². The van der Waals surface area contributed by atoms with E-state index in [1.165, 1.54) is 5.56 Å². The summed E-state index contributed by atoms with van der Waals surface area (Å²) in [4.78, 5) is 14.9. The third kappa shape index (κ3) is 2.15. The van der Waals surface area contributed by atoms with Crippen molar-refractivity contribution in [3.05, 3.63) is 66.2 Å². The fraction of sp³-hybridized carbons (Fsp3) is 0.316. The molecule has 0 saturated carbocycles. The normalized spacial score (nSPS) is 24.3. The molecular weight excluding hydrogens is 258 g/mol. The highest BCUT2D eigenvalue weighted by atomic mass is 16.2. The van der Waals surface area contributed by atoms with Crippen LogP contribution in [-0.2, 0) is 4.79 Å². The van der Waals surface area contributed by atoms with Gasteiger partial charge in [0.2, 0.25) is 5.91 Å². The third-order valence-electron chi connectivity index (χ3n) is 4.84. The highest BCUT2D eigenvalue weighted by molar-refractivity contribution is 6.00. The molecule has 2 heteroatoms. The summed E-state index contributed by atoms with van der Waals surface area (Å²) in [6.07, 6.45) is 0. The second-order valence-electron chi connectivity index (χ2n) is 6.38. The monoisotopic (exact) mass is 279 g/mol. The molecule has 1 heterocycles. The van der Waals surface area contributed by atoms with Gasteiger partial charge in [-0.2, -0.15) is 0 Å². The number of hydrogen-bond donors (Lipinski definition) is 0. The minimum absolute atomic E-state index is 0.0936. The van der Waals surface area contributed by atoms with Gasteiger partial charge in [0.05, 0.1) is 6.04 Å². The van der Waals surface area contributed by atoms with E-state index in [9.17, 15) is 4.79 Å². The van der Waals surface area contributed by atoms with Crippen LogP contribution < -0.4 is 4.90 Å². The van der Waals surface area contributed by atoms with E-state index in [0.29, 0.717) is 0 Å². The van der Waals surface area contributed by atoms with Gasteiger partial charge in [-0.3, -0.25) is 4.79 Å². The van der Waals surface area contributed by atoms with Gasteiger partial charge in [0.25, 0.3) is 0 Å². The van der Waals surface area contributed by atoms with Crippen LogP contribution >= 0.6 is 0 Å². The summed E-state index contributed by atoms with van der Waals surface area (Å²) in [7, 11) is 0. The number of nitrogens with zero attached hydrogens (tertiary/aromatic N) is 1. The lowest BCUT2D eigenvalue weighted by molar-refractivity contribution is -0.125. The topological polar surface area (TPSA) is 20.3 Å². The molecule has 2 nitrogen and oxygen atoms in total. The lowest BCUT2D eigenvalue weighted by atomic mass is 9.78. The molecule has 0 aliphatic carbocycles. The van der Waals surface area contributed by atoms with Crippen LogP contribution in [0, 0.1) is 11.3 Å². The Hall–Kier alpha value is -2.09. The summed E-state index contributed by atoms with van der Waals surface area (Å²) in [6, 6.07) is 20.4. The maximum Gasteiger partial charge on any atom is 0.233 e. The SMILES string of the molecule is CC1C(c2ccccc2)N(c2ccccc2)C(=O)C1(C)C. The zero-order valence-corrected chi connectivity index (χ0v) is 12.8. The molecule has 0 radical (unpaired) electrons. The van der Waals surface area contributed by atoms with Gasteiger partial charge in [0.1, 0.15) is 0 Å². The van der Waals surface area contributed by atoms with Gasteiger partial charge in [-0.15, -0.1) is 0 Å². The van der Waals surface area contributed by atoms with Gasteiger partial charge < -0.3 is 4.90 Å². The van der Waals surface area contributed by atoms with E-state index in [0.717, 1.165) is 5.69 Å². The van der Waals surface area contributed by atoms with Crippen molar-refractivity contribution < 1.29 is 4.79 Å². The van der Waals surface area contributed by atoms with E-state index < -0.39 is 0 Å². The van der Waals surface area contributed by atoms with E-state index in [4.69, 9.17) is 0 Å². The highest BCUT2D eigenvalue weighted by Crippen LogP contribution is 2.50. The number of rotatable bonds is 2. The molecule has 3 rings (SSSR count). The summed E-state index contributed by atoms with van der Waals surface area (Å²) < 4.78 is 0. The summed E-state index contributed by atoms with van der Waals surface area (Å²) in [6.45, 7) is 6.29. The number of carbonyl (C=O) groups excluding carboxylic acids is 1. The summed E-state index contributed by atoms with van der Waals surface area (Å²) in [5.41, 5.74) is 1.83. The van der Waals surface area contributed by atoms with Gasteiger partial charge in [-0.1, -0.05) is 69.3 Å². The number of para-hydroxylation sites is 1. The molecule has 0 spiro atoms. The lowest BCUT2D eigenvalue weighted by Crippen LogP contribution is -2.32. The van der Waals surface area contributed by atoms with Crippen LogP contribution in [0.3, 0.4) is 0 Å². The Morgan fingerprint density at radius 3 is 2.00 bits per heavy atom. The second-order valence-corrected chi connectivity index (χ2v) is 6.38. The van der Waals surface area contributed by atoms with Gasteiger partial charge in [0, 0.05) is 11.1 Å². The molecule has 1 aliphatic heterocycles. The van der Waals surface area contributed by atoms with Crippen molar-refractivity contribution in [1.82, 2.24) is 0 Å². The Balaban J connectivity index is 2.12. The highest BCUT2D eigenvalue weighted by Gasteiger charge is 2.52. The first-order chi connectivity index (χ1) is 10.0. The molecule has 108 valence electrons. The molecule has 1 amide bonds. The van der Waals surface area contributed by atoms with Gasteiger partial charge in [0.15, 0.2) is 0 Å². The maximum atomic E-state index is 12.9. The van der Waals surface area contributed by atoms with Crippen LogP contribution in [0.15, 0.2) is 60.7 Å². The molecule has 0 bridgehead atoms. The van der Waals surface area contributed by atoms with E-state index in [2.05, 4.69) is 32.9 Å². The molecule has 21 heavy (non-hydrogen) atoms. The maximum absolute atomic E-state index is 12.9. The van der Waals surface area contributed by atoms with Crippen molar-refractivity contribution in [2.45, 2.75) is 26.8 Å². The van der Waals surface area contributed by atoms with Crippen LogP contribution in [-0.4, -0.2) is 5.91 Å². The molecular formula is C19H21NO. The number of hydrogen-bond acceptors (Lipinski definition) is 1. The predicted octanol–water partition coefficient (Wildman–Crippen LogP) is 4.44. The fourth-order valence-electron chi connectivity index (χ4n) is 3.20. The Morgan fingerprint density at radius 1 is 0.905 bits per heavy atom. The van der Waals surface area contributed by atoms with Crippen molar-refractivity contribution in [3.63, 3.8) is 0 Å². The summed E-state index contributed by atoms with van der Waals surface area (Å²) in [5, 5.41) is 0. The number of benzene rings is 2. The van der Waals surface area contributed by atoms with Gasteiger partial charge in [-0.05, 0) is 23.6 Å². The van der Waals surface area contributed by atoms with Crippen molar-refractivity contribution in [2.24, 2.45) is 11.3 Å². The average Bonchev–Trinajstić information content (AvgIpc) is 2.69. The standard InChI is InChI=1S/C19H21NO/c1-14-17(15-10-6-4-7-11-15)20(18(21)19(14,2)3)16-12-8-5-9-13-16/h4-14,17H,1-3H3. The first kappa shape index (κ1) is 13.9. The Morgan fingerprint density at radius 2 is 1.43 bits per heavy atom. The van der Waals surface area contributed by atoms with E-state index in [1.54, 1.807) is 0 Å². The van der Waals surface area contributed by atoms with E-state index in [-0.39, 0.29) is 23.3 Å². The fourth-order valence-corrected chi connectivity index (χ4v) is 3.20. The zero-order chi connectivity index (χ0) is 15.0. The molecule has 2 unspecified atom stereocenters. The van der Waals surface area contributed by atoms with Gasteiger partial charge in [-0.25, -0.2) is 0 Å². The Bertz CT molecular complexity index is 633. The number of carbonyl (C=O) groups is 1. The Kier molecular flexibility index (Phi) is 3.32. The zero-order valence-electron chi connectivity index (χ0n) is 12.8. The van der Waals surface area contributed by atoms with Crippen molar-refractivity contribution in [2.75, 3.05) is 4.90 Å². The molecule has 1 fully saturated rings. The average molecular weight is 279 g/mol. The molecule has 2 aromatic rings. The third-order valence-corrected chi connectivity index (χ3v) is 4.84.